The molecule has 0 spiro atoms. The molecule has 126 valence electrons. The van der Waals surface area contributed by atoms with Crippen LogP contribution in [0.3, 0.4) is 0 Å². The molecule has 0 fully saturated rings. The van der Waals surface area contributed by atoms with Gasteiger partial charge in [0.15, 0.2) is 0 Å². The van der Waals surface area contributed by atoms with E-state index in [0.717, 1.165) is 0 Å². The van der Waals surface area contributed by atoms with Crippen LogP contribution >= 0.6 is 11.8 Å². The quantitative estimate of drug-likeness (QED) is 0.669. The average molecular weight is 351 g/mol. The highest BCUT2D eigenvalue weighted by atomic mass is 32.2. The molecule has 0 aliphatic heterocycles. The molecule has 4 N–H and O–H groups in total. The molecule has 0 radical (unpaired) electrons. The Balaban J connectivity index is 2.01. The van der Waals surface area contributed by atoms with E-state index in [-0.39, 0.29) is 17.0 Å². The third-order valence-corrected chi connectivity index (χ3v) is 3.80. The Morgan fingerprint density at radius 3 is 2.33 bits per heavy atom. The highest BCUT2D eigenvalue weighted by Gasteiger charge is 2.12. The van der Waals surface area contributed by atoms with Crippen LogP contribution in [0.4, 0.5) is 20.2 Å². The third-order valence-electron chi connectivity index (χ3n) is 3.01. The van der Waals surface area contributed by atoms with Crippen molar-refractivity contribution >= 4 is 35.0 Å². The van der Waals surface area contributed by atoms with E-state index in [1.807, 2.05) is 0 Å². The van der Waals surface area contributed by atoms with Crippen LogP contribution in [0.25, 0.3) is 0 Å². The maximum Gasteiger partial charge on any atom is 0.288 e. The van der Waals surface area contributed by atoms with Crippen LogP contribution in [0.2, 0.25) is 0 Å². The lowest BCUT2D eigenvalue weighted by atomic mass is 10.1. The van der Waals surface area contributed by atoms with Crippen molar-refractivity contribution in [1.82, 2.24) is 0 Å². The van der Waals surface area contributed by atoms with Crippen LogP contribution in [-0.2, 0) is 4.79 Å². The number of amides is 2. The second kappa shape index (κ2) is 8.30. The molecule has 2 aromatic rings. The third kappa shape index (κ3) is 4.95. The van der Waals surface area contributed by atoms with Gasteiger partial charge in [0.25, 0.3) is 11.7 Å². The SMILES string of the molecule is NC(=O)c1ccccc1NCC(=O)Nc1ccccc1SC(F)F. The van der Waals surface area contributed by atoms with Crippen LogP contribution in [0, 0.1) is 0 Å². The standard InChI is InChI=1S/C16H15F2N3O2S/c17-16(18)24-13-8-4-3-7-12(13)21-14(22)9-20-11-6-2-1-5-10(11)15(19)23/h1-8,16,20H,9H2,(H2,19,23)(H,21,22). The number of primary amides is 1. The van der Waals surface area contributed by atoms with E-state index in [9.17, 15) is 18.4 Å². The van der Waals surface area contributed by atoms with Crippen molar-refractivity contribution in [2.45, 2.75) is 10.7 Å². The Morgan fingerprint density at radius 2 is 1.67 bits per heavy atom. The second-order valence-corrected chi connectivity index (χ2v) is 5.72. The fourth-order valence-electron chi connectivity index (χ4n) is 1.99. The van der Waals surface area contributed by atoms with Gasteiger partial charge in [-0.3, -0.25) is 9.59 Å². The van der Waals surface area contributed by atoms with Crippen LogP contribution < -0.4 is 16.4 Å². The smallest absolute Gasteiger partial charge is 0.288 e. The number of thioether (sulfide) groups is 1. The maximum absolute atomic E-state index is 12.5. The Labute approximate surface area is 141 Å². The topological polar surface area (TPSA) is 84.2 Å². The van der Waals surface area contributed by atoms with Gasteiger partial charge >= 0.3 is 0 Å². The zero-order valence-corrected chi connectivity index (χ0v) is 13.3. The summed E-state index contributed by atoms with van der Waals surface area (Å²) in [7, 11) is 0. The number of rotatable bonds is 7. The van der Waals surface area contributed by atoms with Crippen molar-refractivity contribution in [2.24, 2.45) is 5.73 Å². The van der Waals surface area contributed by atoms with Crippen molar-refractivity contribution < 1.29 is 18.4 Å². The van der Waals surface area contributed by atoms with E-state index >= 15 is 0 Å². The van der Waals surface area contributed by atoms with Gasteiger partial charge < -0.3 is 16.4 Å². The van der Waals surface area contributed by atoms with Gasteiger partial charge in [0.2, 0.25) is 5.91 Å². The number of alkyl halides is 2. The summed E-state index contributed by atoms with van der Waals surface area (Å²) in [4.78, 5) is 23.6. The van der Waals surface area contributed by atoms with Crippen LogP contribution in [0.5, 0.6) is 0 Å². The number of benzene rings is 2. The first-order valence-corrected chi connectivity index (χ1v) is 7.81. The van der Waals surface area contributed by atoms with Gasteiger partial charge in [-0.25, -0.2) is 0 Å². The van der Waals surface area contributed by atoms with Crippen molar-refractivity contribution in [3.8, 4) is 0 Å². The Morgan fingerprint density at radius 1 is 1.04 bits per heavy atom. The lowest BCUT2D eigenvalue weighted by Gasteiger charge is -2.12. The normalized spacial score (nSPS) is 10.5. The average Bonchev–Trinajstić information content (AvgIpc) is 2.54. The van der Waals surface area contributed by atoms with Crippen molar-refractivity contribution in [3.05, 3.63) is 54.1 Å². The Hall–Kier alpha value is -2.61. The monoisotopic (exact) mass is 351 g/mol. The summed E-state index contributed by atoms with van der Waals surface area (Å²) in [6, 6.07) is 12.8. The van der Waals surface area contributed by atoms with E-state index in [4.69, 9.17) is 5.73 Å². The number of carbonyl (C=O) groups excluding carboxylic acids is 2. The first-order chi connectivity index (χ1) is 11.5. The van der Waals surface area contributed by atoms with E-state index in [0.29, 0.717) is 23.1 Å². The summed E-state index contributed by atoms with van der Waals surface area (Å²) in [6.45, 7) is -0.141. The van der Waals surface area contributed by atoms with E-state index < -0.39 is 17.6 Å². The van der Waals surface area contributed by atoms with E-state index in [1.165, 1.54) is 12.1 Å². The number of nitrogens with one attached hydrogen (secondary N) is 2. The fraction of sp³-hybridized carbons (Fsp3) is 0.125. The number of halogens is 2. The number of hydrogen-bond donors (Lipinski definition) is 3. The van der Waals surface area contributed by atoms with Gasteiger partial charge in [0.1, 0.15) is 0 Å². The summed E-state index contributed by atoms with van der Waals surface area (Å²) >= 11 is 0.358. The molecule has 5 nitrogen and oxygen atoms in total. The Bertz CT molecular complexity index is 741. The van der Waals surface area contributed by atoms with E-state index in [2.05, 4.69) is 10.6 Å². The molecule has 2 aromatic carbocycles. The molecular formula is C16H15F2N3O2S. The van der Waals surface area contributed by atoms with Gasteiger partial charge in [-0.1, -0.05) is 36.0 Å². The first kappa shape index (κ1) is 17.7. The second-order valence-electron chi connectivity index (χ2n) is 4.69. The molecule has 0 saturated carbocycles. The summed E-state index contributed by atoms with van der Waals surface area (Å²) in [5, 5.41) is 5.37. The number of nitrogens with two attached hydrogens (primary N) is 1. The van der Waals surface area contributed by atoms with Gasteiger partial charge in [0, 0.05) is 10.6 Å². The molecule has 0 aliphatic carbocycles. The zero-order valence-electron chi connectivity index (χ0n) is 12.5. The summed E-state index contributed by atoms with van der Waals surface area (Å²) in [5.74, 6) is -3.63. The molecule has 0 aliphatic rings. The van der Waals surface area contributed by atoms with Gasteiger partial charge in [-0.15, -0.1) is 0 Å². The fourth-order valence-corrected chi connectivity index (χ4v) is 2.59. The summed E-state index contributed by atoms with van der Waals surface area (Å²) in [5.41, 5.74) is 6.25. The highest BCUT2D eigenvalue weighted by molar-refractivity contribution is 7.99. The first-order valence-electron chi connectivity index (χ1n) is 6.93. The molecule has 0 saturated heterocycles. The molecule has 2 amide bonds. The predicted molar refractivity (Wildman–Crippen MR) is 90.4 cm³/mol. The van der Waals surface area contributed by atoms with Crippen LogP contribution in [-0.4, -0.2) is 24.1 Å². The molecule has 0 atom stereocenters. The summed E-state index contributed by atoms with van der Waals surface area (Å²) in [6.07, 6.45) is 0. The van der Waals surface area contributed by atoms with Crippen LogP contribution in [0.15, 0.2) is 53.4 Å². The zero-order chi connectivity index (χ0) is 17.5. The molecule has 0 heterocycles. The number of carbonyl (C=O) groups is 2. The Kier molecular flexibility index (Phi) is 6.14. The van der Waals surface area contributed by atoms with Gasteiger partial charge in [0.05, 0.1) is 17.8 Å². The predicted octanol–water partition coefficient (Wildman–Crippen LogP) is 3.15. The molecule has 8 heteroatoms. The maximum atomic E-state index is 12.5. The number of hydrogen-bond acceptors (Lipinski definition) is 4. The van der Waals surface area contributed by atoms with Gasteiger partial charge in [-0.05, 0) is 24.3 Å². The van der Waals surface area contributed by atoms with Gasteiger partial charge in [-0.2, -0.15) is 8.78 Å². The lowest BCUT2D eigenvalue weighted by Crippen LogP contribution is -2.23. The number of para-hydroxylation sites is 2. The minimum Gasteiger partial charge on any atom is -0.376 e. The minimum absolute atomic E-state index is 0.141. The minimum atomic E-state index is -2.58. The lowest BCUT2D eigenvalue weighted by molar-refractivity contribution is -0.114. The highest BCUT2D eigenvalue weighted by Crippen LogP contribution is 2.31. The van der Waals surface area contributed by atoms with Crippen molar-refractivity contribution in [3.63, 3.8) is 0 Å². The molecule has 2 rings (SSSR count). The van der Waals surface area contributed by atoms with Crippen LogP contribution in [0.1, 0.15) is 10.4 Å². The molecule has 0 bridgehead atoms. The largest absolute Gasteiger partial charge is 0.376 e. The molecule has 24 heavy (non-hydrogen) atoms. The number of anilines is 2. The van der Waals surface area contributed by atoms with E-state index in [1.54, 1.807) is 36.4 Å². The van der Waals surface area contributed by atoms with Crippen molar-refractivity contribution in [2.75, 3.05) is 17.2 Å². The molecular weight excluding hydrogens is 336 g/mol. The summed E-state index contributed by atoms with van der Waals surface area (Å²) < 4.78 is 25.0. The molecule has 0 aromatic heterocycles. The van der Waals surface area contributed by atoms with Crippen molar-refractivity contribution in [1.29, 1.82) is 0 Å². The molecule has 0 unspecified atom stereocenters.